The Hall–Kier alpha value is -0.283. The van der Waals surface area contributed by atoms with Gasteiger partial charge in [0.1, 0.15) is 20.4 Å². The van der Waals surface area contributed by atoms with Gasteiger partial charge in [0, 0.05) is 19.8 Å². The molecule has 0 unspecified atom stereocenters. The van der Waals surface area contributed by atoms with Crippen molar-refractivity contribution in [2.75, 3.05) is 40.2 Å². The van der Waals surface area contributed by atoms with Crippen molar-refractivity contribution in [3.8, 4) is 0 Å². The molecule has 0 aromatic heterocycles. The Bertz CT molecular complexity index is 208. The maximum Gasteiger partial charge on any atom is 0.534 e. The topological polar surface area (TPSA) is 55.4 Å². The molecule has 0 aromatic carbocycles. The van der Waals surface area contributed by atoms with E-state index in [1.807, 2.05) is 20.8 Å². The fourth-order valence-corrected chi connectivity index (χ4v) is 2.63. The van der Waals surface area contributed by atoms with Crippen molar-refractivity contribution in [2.24, 2.45) is 0 Å². The van der Waals surface area contributed by atoms with Crippen LogP contribution in [0, 0.1) is 0 Å². The predicted molar refractivity (Wildman–Crippen MR) is 82.5 cm³/mol. The summed E-state index contributed by atoms with van der Waals surface area (Å²) in [5.41, 5.74) is 1.56. The summed E-state index contributed by atoms with van der Waals surface area (Å²) in [7, 11) is -3.03. The Morgan fingerprint density at radius 3 is 1.29 bits per heavy atom. The van der Waals surface area contributed by atoms with Gasteiger partial charge in [-0.1, -0.05) is 27.4 Å². The van der Waals surface area contributed by atoms with E-state index in [-0.39, 0.29) is 20.4 Å². The monoisotopic (exact) mass is 322 g/mol. The molecular formula is C14H30O6Si. The standard InChI is InChI=1S/C14H30O6Si/c1-5-9-15-12-18-21(8-4,19-13-16-10-6-2)20-14-17-11-7-3/h8H,4-7,9-14H2,1-3H3. The molecule has 0 radical (unpaired) electrons. The molecule has 0 bridgehead atoms. The van der Waals surface area contributed by atoms with Crippen molar-refractivity contribution in [1.29, 1.82) is 0 Å². The quantitative estimate of drug-likeness (QED) is 0.247. The van der Waals surface area contributed by atoms with E-state index in [0.29, 0.717) is 19.8 Å². The first-order valence-corrected chi connectivity index (χ1v) is 9.33. The first-order valence-electron chi connectivity index (χ1n) is 7.53. The second-order valence-electron chi connectivity index (χ2n) is 4.32. The van der Waals surface area contributed by atoms with Crippen LogP contribution in [-0.2, 0) is 27.5 Å². The average molecular weight is 322 g/mol. The summed E-state index contributed by atoms with van der Waals surface area (Å²) in [6, 6.07) is 0. The predicted octanol–water partition coefficient (Wildman–Crippen LogP) is 2.85. The number of rotatable bonds is 16. The second-order valence-corrected chi connectivity index (χ2v) is 6.80. The Morgan fingerprint density at radius 1 is 0.714 bits per heavy atom. The number of hydrogen-bond donors (Lipinski definition) is 0. The maximum absolute atomic E-state index is 5.64. The van der Waals surface area contributed by atoms with E-state index in [1.54, 1.807) is 5.70 Å². The zero-order valence-corrected chi connectivity index (χ0v) is 14.6. The van der Waals surface area contributed by atoms with Crippen molar-refractivity contribution in [2.45, 2.75) is 40.0 Å². The molecule has 6 nitrogen and oxygen atoms in total. The molecule has 126 valence electrons. The average Bonchev–Trinajstić information content (AvgIpc) is 2.51. The van der Waals surface area contributed by atoms with E-state index in [0.717, 1.165) is 19.3 Å². The SMILES string of the molecule is C=C[Si](OCOCCC)(OCOCCC)OCOCCC. The van der Waals surface area contributed by atoms with Gasteiger partial charge in [0.25, 0.3) is 0 Å². The molecular weight excluding hydrogens is 292 g/mol. The minimum atomic E-state index is -3.03. The molecule has 0 atom stereocenters. The minimum absolute atomic E-state index is 0.105. The minimum Gasteiger partial charge on any atom is -0.356 e. The third-order valence-electron chi connectivity index (χ3n) is 2.33. The number of hydrogen-bond acceptors (Lipinski definition) is 6. The highest BCUT2D eigenvalue weighted by Gasteiger charge is 2.38. The lowest BCUT2D eigenvalue weighted by molar-refractivity contribution is -0.0977. The molecule has 21 heavy (non-hydrogen) atoms. The van der Waals surface area contributed by atoms with Crippen LogP contribution in [0.2, 0.25) is 0 Å². The Labute approximate surface area is 129 Å². The number of ether oxygens (including phenoxy) is 3. The lowest BCUT2D eigenvalue weighted by Gasteiger charge is -2.26. The van der Waals surface area contributed by atoms with Gasteiger partial charge in [0.05, 0.1) is 0 Å². The highest BCUT2D eigenvalue weighted by atomic mass is 28.4. The van der Waals surface area contributed by atoms with Crippen LogP contribution in [-0.4, -0.2) is 49.0 Å². The summed E-state index contributed by atoms with van der Waals surface area (Å²) >= 11 is 0. The van der Waals surface area contributed by atoms with Crippen molar-refractivity contribution in [3.05, 3.63) is 12.3 Å². The largest absolute Gasteiger partial charge is 0.534 e. The van der Waals surface area contributed by atoms with Crippen LogP contribution >= 0.6 is 0 Å². The van der Waals surface area contributed by atoms with E-state index >= 15 is 0 Å². The summed E-state index contributed by atoms with van der Waals surface area (Å²) in [6.07, 6.45) is 2.77. The van der Waals surface area contributed by atoms with E-state index in [1.165, 1.54) is 0 Å². The summed E-state index contributed by atoms with van der Waals surface area (Å²) in [5, 5.41) is 0. The van der Waals surface area contributed by atoms with E-state index in [2.05, 4.69) is 6.58 Å². The van der Waals surface area contributed by atoms with Crippen LogP contribution in [0.3, 0.4) is 0 Å². The Morgan fingerprint density at radius 2 is 1.05 bits per heavy atom. The van der Waals surface area contributed by atoms with E-state index < -0.39 is 8.80 Å². The molecule has 0 rings (SSSR count). The molecule has 0 aromatic rings. The van der Waals surface area contributed by atoms with Gasteiger partial charge < -0.3 is 27.5 Å². The summed E-state index contributed by atoms with van der Waals surface area (Å²) < 4.78 is 32.9. The van der Waals surface area contributed by atoms with Crippen LogP contribution in [0.4, 0.5) is 0 Å². The lowest BCUT2D eigenvalue weighted by Crippen LogP contribution is -2.46. The maximum atomic E-state index is 5.64. The van der Waals surface area contributed by atoms with E-state index in [4.69, 9.17) is 27.5 Å². The zero-order chi connectivity index (χ0) is 15.8. The van der Waals surface area contributed by atoms with Gasteiger partial charge in [-0.25, -0.2) is 0 Å². The van der Waals surface area contributed by atoms with E-state index in [9.17, 15) is 0 Å². The molecule has 0 saturated heterocycles. The molecule has 7 heteroatoms. The normalized spacial score (nSPS) is 11.8. The highest BCUT2D eigenvalue weighted by molar-refractivity contribution is 6.66. The third kappa shape index (κ3) is 11.0. The zero-order valence-electron chi connectivity index (χ0n) is 13.6. The Balaban J connectivity index is 4.26. The van der Waals surface area contributed by atoms with Gasteiger partial charge in [-0.15, -0.1) is 0 Å². The molecule has 0 N–H and O–H groups in total. The Kier molecular flexibility index (Phi) is 14.4. The fraction of sp³-hybridized carbons (Fsp3) is 0.857. The third-order valence-corrected chi connectivity index (χ3v) is 4.39. The van der Waals surface area contributed by atoms with Crippen LogP contribution in [0.25, 0.3) is 0 Å². The van der Waals surface area contributed by atoms with Gasteiger partial charge in [-0.3, -0.25) is 0 Å². The summed E-state index contributed by atoms with van der Waals surface area (Å²) in [6.45, 7) is 12.0. The molecule has 0 heterocycles. The van der Waals surface area contributed by atoms with Crippen molar-refractivity contribution >= 4 is 8.80 Å². The van der Waals surface area contributed by atoms with Gasteiger partial charge >= 0.3 is 8.80 Å². The van der Waals surface area contributed by atoms with Crippen LogP contribution < -0.4 is 0 Å². The smallest absolute Gasteiger partial charge is 0.356 e. The fourth-order valence-electron chi connectivity index (χ4n) is 1.28. The molecule has 0 aliphatic carbocycles. The molecule has 0 amide bonds. The van der Waals surface area contributed by atoms with Gasteiger partial charge in [-0.05, 0) is 25.0 Å². The van der Waals surface area contributed by atoms with Crippen LogP contribution in [0.15, 0.2) is 12.3 Å². The highest BCUT2D eigenvalue weighted by Crippen LogP contribution is 2.12. The van der Waals surface area contributed by atoms with Gasteiger partial charge in [0.2, 0.25) is 0 Å². The molecule has 0 fully saturated rings. The molecule has 0 saturated carbocycles. The van der Waals surface area contributed by atoms with Crippen molar-refractivity contribution < 1.29 is 27.5 Å². The summed E-state index contributed by atoms with van der Waals surface area (Å²) in [5.74, 6) is 0. The molecule has 0 aliphatic rings. The van der Waals surface area contributed by atoms with Gasteiger partial charge in [-0.2, -0.15) is 0 Å². The molecule has 0 aliphatic heterocycles. The molecule has 0 spiro atoms. The first kappa shape index (κ1) is 20.7. The summed E-state index contributed by atoms with van der Waals surface area (Å²) in [4.78, 5) is 0. The van der Waals surface area contributed by atoms with Crippen LogP contribution in [0.1, 0.15) is 40.0 Å². The lowest BCUT2D eigenvalue weighted by atomic mass is 10.5. The first-order chi connectivity index (χ1) is 10.2. The second kappa shape index (κ2) is 14.6. The van der Waals surface area contributed by atoms with Crippen molar-refractivity contribution in [1.82, 2.24) is 0 Å². The van der Waals surface area contributed by atoms with Gasteiger partial charge in [0.15, 0.2) is 0 Å². The van der Waals surface area contributed by atoms with Crippen molar-refractivity contribution in [3.63, 3.8) is 0 Å². The van der Waals surface area contributed by atoms with Crippen LogP contribution in [0.5, 0.6) is 0 Å².